The first-order valence-corrected chi connectivity index (χ1v) is 19.4. The predicted molar refractivity (Wildman–Crippen MR) is 194 cm³/mol. The summed E-state index contributed by atoms with van der Waals surface area (Å²) >= 11 is 0. The minimum atomic E-state index is 1.19. The van der Waals surface area contributed by atoms with Gasteiger partial charge in [0.05, 0.1) is 0 Å². The largest absolute Gasteiger partial charge is 0.308 e. The zero-order valence-electron chi connectivity index (χ0n) is 29.8. The SMILES string of the molecule is CCCCCCCC/C=C/CCCCCCCCN(CCCCCCCC/C=C/CCCCCCCC)CCN(C)C. The summed E-state index contributed by atoms with van der Waals surface area (Å²) in [6.07, 6.45) is 48.8. The maximum atomic E-state index is 2.75. The molecule has 42 heavy (non-hydrogen) atoms. The number of rotatable bonds is 35. The second-order valence-electron chi connectivity index (χ2n) is 13.5. The first kappa shape index (κ1) is 41.4. The van der Waals surface area contributed by atoms with E-state index in [2.05, 4.69) is 62.0 Å². The van der Waals surface area contributed by atoms with Crippen molar-refractivity contribution in [3.8, 4) is 0 Å². The van der Waals surface area contributed by atoms with Crippen LogP contribution in [0.1, 0.15) is 194 Å². The smallest absolute Gasteiger partial charge is 0.0109 e. The second-order valence-corrected chi connectivity index (χ2v) is 13.5. The average molecular weight is 589 g/mol. The number of nitrogens with zero attached hydrogens (tertiary/aromatic N) is 2. The molecule has 0 bridgehead atoms. The molecule has 0 rings (SSSR count). The maximum absolute atomic E-state index is 2.75. The molecule has 0 radical (unpaired) electrons. The summed E-state index contributed by atoms with van der Waals surface area (Å²) in [4.78, 5) is 5.10. The molecule has 0 aliphatic heterocycles. The van der Waals surface area contributed by atoms with Crippen LogP contribution in [0.3, 0.4) is 0 Å². The molecule has 0 aliphatic carbocycles. The van der Waals surface area contributed by atoms with Gasteiger partial charge in [-0.25, -0.2) is 0 Å². The van der Waals surface area contributed by atoms with Gasteiger partial charge in [-0.15, -0.1) is 0 Å². The predicted octanol–water partition coefficient (Wildman–Crippen LogP) is 12.9. The highest BCUT2D eigenvalue weighted by Crippen LogP contribution is 2.13. The molecule has 0 spiro atoms. The van der Waals surface area contributed by atoms with Crippen molar-refractivity contribution in [3.05, 3.63) is 24.3 Å². The lowest BCUT2D eigenvalue weighted by molar-refractivity contribution is 0.231. The summed E-state index contributed by atoms with van der Waals surface area (Å²) in [5.41, 5.74) is 0. The van der Waals surface area contributed by atoms with E-state index >= 15 is 0 Å². The molecule has 250 valence electrons. The molecular formula is C40H80N2. The summed E-state index contributed by atoms with van der Waals surface area (Å²) in [5.74, 6) is 0. The topological polar surface area (TPSA) is 6.48 Å². The van der Waals surface area contributed by atoms with Gasteiger partial charge in [0.1, 0.15) is 0 Å². The summed E-state index contributed by atoms with van der Waals surface area (Å²) in [6.45, 7) is 9.64. The fourth-order valence-electron chi connectivity index (χ4n) is 5.84. The van der Waals surface area contributed by atoms with Gasteiger partial charge in [0.25, 0.3) is 0 Å². The minimum absolute atomic E-state index is 1.19. The monoisotopic (exact) mass is 589 g/mol. The molecule has 0 aromatic carbocycles. The van der Waals surface area contributed by atoms with E-state index in [9.17, 15) is 0 Å². The molecule has 2 nitrogen and oxygen atoms in total. The van der Waals surface area contributed by atoms with Gasteiger partial charge in [-0.2, -0.15) is 0 Å². The Kier molecular flexibility index (Phi) is 36.1. The Morgan fingerprint density at radius 2 is 0.595 bits per heavy atom. The Labute approximate surface area is 267 Å². The van der Waals surface area contributed by atoms with Crippen LogP contribution in [0.15, 0.2) is 24.3 Å². The highest BCUT2D eigenvalue weighted by atomic mass is 15.2. The fourth-order valence-corrected chi connectivity index (χ4v) is 5.84. The second kappa shape index (κ2) is 36.6. The van der Waals surface area contributed by atoms with Gasteiger partial charge in [-0.3, -0.25) is 0 Å². The summed E-state index contributed by atoms with van der Waals surface area (Å²) in [6, 6.07) is 0. The van der Waals surface area contributed by atoms with Crippen molar-refractivity contribution in [2.75, 3.05) is 40.3 Å². The molecule has 0 atom stereocenters. The minimum Gasteiger partial charge on any atom is -0.308 e. The maximum Gasteiger partial charge on any atom is 0.0109 e. The van der Waals surface area contributed by atoms with Crippen molar-refractivity contribution in [1.29, 1.82) is 0 Å². The van der Waals surface area contributed by atoms with E-state index in [0.717, 1.165) is 0 Å². The van der Waals surface area contributed by atoms with Crippen LogP contribution in [-0.4, -0.2) is 50.1 Å². The van der Waals surface area contributed by atoms with E-state index in [4.69, 9.17) is 0 Å². The van der Waals surface area contributed by atoms with E-state index < -0.39 is 0 Å². The summed E-state index contributed by atoms with van der Waals surface area (Å²) < 4.78 is 0. The third kappa shape index (κ3) is 35.6. The van der Waals surface area contributed by atoms with Crippen molar-refractivity contribution in [2.45, 2.75) is 194 Å². The van der Waals surface area contributed by atoms with E-state index in [1.165, 1.54) is 206 Å². The Bertz CT molecular complexity index is 496. The van der Waals surface area contributed by atoms with E-state index in [1.54, 1.807) is 0 Å². The third-order valence-corrected chi connectivity index (χ3v) is 8.84. The number of likely N-dealkylation sites (N-methyl/N-ethyl adjacent to an activating group) is 1. The van der Waals surface area contributed by atoms with Crippen molar-refractivity contribution in [3.63, 3.8) is 0 Å². The zero-order chi connectivity index (χ0) is 30.6. The molecule has 0 aromatic rings. The van der Waals surface area contributed by atoms with Crippen molar-refractivity contribution >= 4 is 0 Å². The van der Waals surface area contributed by atoms with Gasteiger partial charge in [-0.05, 0) is 91.4 Å². The highest BCUT2D eigenvalue weighted by molar-refractivity contribution is 4.82. The van der Waals surface area contributed by atoms with E-state index in [-0.39, 0.29) is 0 Å². The molecule has 0 unspecified atom stereocenters. The quantitative estimate of drug-likeness (QED) is 0.0536. The van der Waals surface area contributed by atoms with Gasteiger partial charge in [0.15, 0.2) is 0 Å². The summed E-state index contributed by atoms with van der Waals surface area (Å²) in [7, 11) is 4.43. The summed E-state index contributed by atoms with van der Waals surface area (Å²) in [5, 5.41) is 0. The molecule has 0 aromatic heterocycles. The lowest BCUT2D eigenvalue weighted by Gasteiger charge is -2.24. The van der Waals surface area contributed by atoms with Gasteiger partial charge in [0.2, 0.25) is 0 Å². The van der Waals surface area contributed by atoms with Crippen LogP contribution in [0.2, 0.25) is 0 Å². The molecule has 0 fully saturated rings. The molecular weight excluding hydrogens is 508 g/mol. The molecule has 0 saturated heterocycles. The zero-order valence-corrected chi connectivity index (χ0v) is 29.8. The normalized spacial score (nSPS) is 12.2. The van der Waals surface area contributed by atoms with Crippen LogP contribution in [0.5, 0.6) is 0 Å². The van der Waals surface area contributed by atoms with Crippen molar-refractivity contribution in [2.24, 2.45) is 0 Å². The van der Waals surface area contributed by atoms with Gasteiger partial charge >= 0.3 is 0 Å². The average Bonchev–Trinajstić information content (AvgIpc) is 2.98. The number of hydrogen-bond acceptors (Lipinski definition) is 2. The molecule has 0 saturated carbocycles. The van der Waals surface area contributed by atoms with Crippen LogP contribution in [0.4, 0.5) is 0 Å². The fraction of sp³-hybridized carbons (Fsp3) is 0.900. The Morgan fingerprint density at radius 1 is 0.310 bits per heavy atom. The lowest BCUT2D eigenvalue weighted by atomic mass is 10.1. The van der Waals surface area contributed by atoms with Gasteiger partial charge in [-0.1, -0.05) is 154 Å². The Balaban J connectivity index is 3.63. The first-order chi connectivity index (χ1) is 20.7. The van der Waals surface area contributed by atoms with Gasteiger partial charge < -0.3 is 9.80 Å². The standard InChI is InChI=1S/C40H80N2/c1-5-7-9-11-13-15-17-19-21-23-25-27-29-31-33-35-37-42(40-39-41(3)4)38-36-34-32-30-28-26-24-22-20-18-16-14-12-10-8-6-2/h19-22H,5-18,23-40H2,1-4H3/b21-19+,22-20+. The first-order valence-electron chi connectivity index (χ1n) is 19.4. The molecule has 0 heterocycles. The Morgan fingerprint density at radius 3 is 0.905 bits per heavy atom. The van der Waals surface area contributed by atoms with Crippen LogP contribution in [-0.2, 0) is 0 Å². The lowest BCUT2D eigenvalue weighted by Crippen LogP contribution is -2.33. The molecule has 0 N–H and O–H groups in total. The van der Waals surface area contributed by atoms with Crippen LogP contribution < -0.4 is 0 Å². The van der Waals surface area contributed by atoms with E-state index in [0.29, 0.717) is 0 Å². The van der Waals surface area contributed by atoms with Crippen LogP contribution >= 0.6 is 0 Å². The number of unbranched alkanes of at least 4 members (excludes halogenated alkanes) is 24. The van der Waals surface area contributed by atoms with Crippen molar-refractivity contribution in [1.82, 2.24) is 9.80 Å². The molecule has 2 heteroatoms. The Hall–Kier alpha value is -0.600. The van der Waals surface area contributed by atoms with Gasteiger partial charge in [0, 0.05) is 13.1 Å². The highest BCUT2D eigenvalue weighted by Gasteiger charge is 2.05. The molecule has 0 aliphatic rings. The van der Waals surface area contributed by atoms with Crippen LogP contribution in [0, 0.1) is 0 Å². The third-order valence-electron chi connectivity index (χ3n) is 8.84. The number of hydrogen-bond donors (Lipinski definition) is 0. The van der Waals surface area contributed by atoms with E-state index in [1.807, 2.05) is 0 Å². The molecule has 0 amide bonds. The van der Waals surface area contributed by atoms with Crippen LogP contribution in [0.25, 0.3) is 0 Å². The number of allylic oxidation sites excluding steroid dienone is 4. The van der Waals surface area contributed by atoms with Crippen molar-refractivity contribution < 1.29 is 0 Å².